The molecule has 0 aliphatic heterocycles. The van der Waals surface area contributed by atoms with E-state index in [1.807, 2.05) is 6.07 Å². The van der Waals surface area contributed by atoms with Crippen molar-refractivity contribution in [3.8, 4) is 0 Å². The van der Waals surface area contributed by atoms with Gasteiger partial charge in [0.2, 0.25) is 0 Å². The molecule has 0 amide bonds. The summed E-state index contributed by atoms with van der Waals surface area (Å²) in [4.78, 5) is 4.19. The molecule has 2 nitrogen and oxygen atoms in total. The second-order valence-electron chi connectivity index (χ2n) is 4.85. The molecule has 1 unspecified atom stereocenters. The normalized spacial score (nSPS) is 12.4. The zero-order chi connectivity index (χ0) is 15.2. The molecule has 5 heteroatoms. The molecule has 2 aromatic rings. The second-order valence-corrected chi connectivity index (χ2v) is 6.17. The topological polar surface area (TPSA) is 24.9 Å². The molecule has 0 saturated heterocycles. The third-order valence-electron chi connectivity index (χ3n) is 3.24. The molecule has 0 spiro atoms. The highest BCUT2D eigenvalue weighted by molar-refractivity contribution is 9.10. The minimum absolute atomic E-state index is 0.0238. The summed E-state index contributed by atoms with van der Waals surface area (Å²) in [6, 6.07) is 6.75. The van der Waals surface area contributed by atoms with Crippen LogP contribution in [0.4, 0.5) is 4.39 Å². The molecule has 0 radical (unpaired) electrons. The molecular weight excluding hydrogens is 355 g/mol. The van der Waals surface area contributed by atoms with E-state index in [0.717, 1.165) is 23.0 Å². The molecule has 2 rings (SSSR count). The van der Waals surface area contributed by atoms with Crippen molar-refractivity contribution in [1.29, 1.82) is 0 Å². The number of benzene rings is 1. The highest BCUT2D eigenvalue weighted by Gasteiger charge is 2.17. The van der Waals surface area contributed by atoms with Crippen LogP contribution in [0, 0.1) is 5.82 Å². The Morgan fingerprint density at radius 2 is 2.19 bits per heavy atom. The maximum atomic E-state index is 14.0. The van der Waals surface area contributed by atoms with E-state index in [1.165, 1.54) is 6.07 Å². The third-order valence-corrected chi connectivity index (χ3v) is 4.03. The Hall–Kier alpha value is -0.970. The van der Waals surface area contributed by atoms with Crippen LogP contribution in [0.25, 0.3) is 0 Å². The predicted molar refractivity (Wildman–Crippen MR) is 88.1 cm³/mol. The van der Waals surface area contributed by atoms with E-state index in [4.69, 9.17) is 11.6 Å². The van der Waals surface area contributed by atoms with Crippen LogP contribution in [-0.4, -0.2) is 11.5 Å². The molecule has 0 saturated carbocycles. The van der Waals surface area contributed by atoms with Crippen molar-refractivity contribution in [2.75, 3.05) is 6.54 Å². The second kappa shape index (κ2) is 7.87. The first-order chi connectivity index (χ1) is 10.1. The van der Waals surface area contributed by atoms with E-state index in [1.54, 1.807) is 24.5 Å². The zero-order valence-electron chi connectivity index (χ0n) is 11.7. The highest BCUT2D eigenvalue weighted by Crippen LogP contribution is 2.26. The minimum Gasteiger partial charge on any atom is -0.310 e. The van der Waals surface area contributed by atoms with E-state index >= 15 is 0 Å². The lowest BCUT2D eigenvalue weighted by Gasteiger charge is -2.20. The van der Waals surface area contributed by atoms with Gasteiger partial charge in [-0.05, 0) is 59.1 Å². The first kappa shape index (κ1) is 16.4. The lowest BCUT2D eigenvalue weighted by atomic mass is 9.99. The predicted octanol–water partition coefficient (Wildman–Crippen LogP) is 4.92. The molecule has 0 bridgehead atoms. The number of pyridine rings is 1. The first-order valence-electron chi connectivity index (χ1n) is 6.88. The fraction of sp³-hybridized carbons (Fsp3) is 0.312. The lowest BCUT2D eigenvalue weighted by Crippen LogP contribution is -2.24. The maximum Gasteiger partial charge on any atom is 0.127 e. The van der Waals surface area contributed by atoms with E-state index in [9.17, 15) is 4.39 Å². The van der Waals surface area contributed by atoms with Crippen molar-refractivity contribution in [3.63, 3.8) is 0 Å². The van der Waals surface area contributed by atoms with E-state index < -0.39 is 0 Å². The van der Waals surface area contributed by atoms with Gasteiger partial charge in [-0.25, -0.2) is 4.39 Å². The SMILES string of the molecule is CCCNC(Cc1c(F)cccc1Cl)c1cncc(Br)c1. The van der Waals surface area contributed by atoms with Gasteiger partial charge in [-0.15, -0.1) is 0 Å². The smallest absolute Gasteiger partial charge is 0.127 e. The molecule has 1 atom stereocenters. The van der Waals surface area contributed by atoms with E-state index in [2.05, 4.69) is 33.2 Å². The molecule has 112 valence electrons. The van der Waals surface area contributed by atoms with Crippen LogP contribution >= 0.6 is 27.5 Å². The average Bonchev–Trinajstić information content (AvgIpc) is 2.46. The number of hydrogen-bond acceptors (Lipinski definition) is 2. The van der Waals surface area contributed by atoms with E-state index in [0.29, 0.717) is 17.0 Å². The summed E-state index contributed by atoms with van der Waals surface area (Å²) >= 11 is 9.56. The van der Waals surface area contributed by atoms with E-state index in [-0.39, 0.29) is 11.9 Å². The number of halogens is 3. The number of hydrogen-bond donors (Lipinski definition) is 1. The molecule has 0 aliphatic rings. The van der Waals surface area contributed by atoms with Crippen molar-refractivity contribution in [3.05, 3.63) is 63.1 Å². The lowest BCUT2D eigenvalue weighted by molar-refractivity contribution is 0.512. The largest absolute Gasteiger partial charge is 0.310 e. The molecular formula is C16H17BrClFN2. The third kappa shape index (κ3) is 4.50. The minimum atomic E-state index is -0.270. The Kier molecular flexibility index (Phi) is 6.15. The van der Waals surface area contributed by atoms with Crippen LogP contribution in [0.2, 0.25) is 5.02 Å². The van der Waals surface area contributed by atoms with Gasteiger partial charge in [0.05, 0.1) is 0 Å². The van der Waals surface area contributed by atoms with Gasteiger partial charge < -0.3 is 5.32 Å². The Balaban J connectivity index is 2.28. The van der Waals surface area contributed by atoms with Crippen LogP contribution in [0.3, 0.4) is 0 Å². The maximum absolute atomic E-state index is 14.0. The van der Waals surface area contributed by atoms with Crippen LogP contribution in [0.5, 0.6) is 0 Å². The van der Waals surface area contributed by atoms with Gasteiger partial charge in [0, 0.05) is 33.5 Å². The van der Waals surface area contributed by atoms with Crippen LogP contribution in [0.1, 0.15) is 30.5 Å². The summed E-state index contributed by atoms with van der Waals surface area (Å²) in [6.07, 6.45) is 5.02. The molecule has 1 heterocycles. The standard InChI is InChI=1S/C16H17BrClFN2/c1-2-6-21-16(11-7-12(17)10-20-9-11)8-13-14(18)4-3-5-15(13)19/h3-5,7,9-10,16,21H,2,6,8H2,1H3. The van der Waals surface area contributed by atoms with Gasteiger partial charge in [0.1, 0.15) is 5.82 Å². The monoisotopic (exact) mass is 370 g/mol. The fourth-order valence-corrected chi connectivity index (χ4v) is 2.80. The number of nitrogens with one attached hydrogen (secondary N) is 1. The average molecular weight is 372 g/mol. The number of rotatable bonds is 6. The number of nitrogens with zero attached hydrogens (tertiary/aromatic N) is 1. The number of aromatic nitrogens is 1. The van der Waals surface area contributed by atoms with Crippen LogP contribution in [0.15, 0.2) is 41.1 Å². The fourth-order valence-electron chi connectivity index (χ4n) is 2.18. The molecule has 1 N–H and O–H groups in total. The summed E-state index contributed by atoms with van der Waals surface area (Å²) in [6.45, 7) is 2.95. The summed E-state index contributed by atoms with van der Waals surface area (Å²) < 4.78 is 14.9. The molecule has 21 heavy (non-hydrogen) atoms. The molecule has 0 fully saturated rings. The quantitative estimate of drug-likeness (QED) is 0.779. The summed E-state index contributed by atoms with van der Waals surface area (Å²) in [5.74, 6) is -0.270. The van der Waals surface area contributed by atoms with Gasteiger partial charge in [-0.2, -0.15) is 0 Å². The molecule has 0 aliphatic carbocycles. The Labute approximate surface area is 137 Å². The van der Waals surface area contributed by atoms with Gasteiger partial charge in [-0.1, -0.05) is 24.6 Å². The molecule has 1 aromatic heterocycles. The summed E-state index contributed by atoms with van der Waals surface area (Å²) in [7, 11) is 0. The van der Waals surface area contributed by atoms with Crippen molar-refractivity contribution >= 4 is 27.5 Å². The van der Waals surface area contributed by atoms with Crippen molar-refractivity contribution < 1.29 is 4.39 Å². The first-order valence-corrected chi connectivity index (χ1v) is 8.05. The Bertz CT molecular complexity index is 586. The summed E-state index contributed by atoms with van der Waals surface area (Å²) in [5.41, 5.74) is 1.55. The Morgan fingerprint density at radius 3 is 2.86 bits per heavy atom. The van der Waals surface area contributed by atoms with Gasteiger partial charge in [0.15, 0.2) is 0 Å². The van der Waals surface area contributed by atoms with Crippen molar-refractivity contribution in [1.82, 2.24) is 10.3 Å². The van der Waals surface area contributed by atoms with Crippen LogP contribution < -0.4 is 5.32 Å². The van der Waals surface area contributed by atoms with Gasteiger partial charge >= 0.3 is 0 Å². The van der Waals surface area contributed by atoms with Crippen LogP contribution in [-0.2, 0) is 6.42 Å². The Morgan fingerprint density at radius 1 is 1.38 bits per heavy atom. The zero-order valence-corrected chi connectivity index (χ0v) is 14.1. The molecule has 1 aromatic carbocycles. The van der Waals surface area contributed by atoms with Crippen molar-refractivity contribution in [2.24, 2.45) is 0 Å². The van der Waals surface area contributed by atoms with Crippen molar-refractivity contribution in [2.45, 2.75) is 25.8 Å². The van der Waals surface area contributed by atoms with Gasteiger partial charge in [0.25, 0.3) is 0 Å². The summed E-state index contributed by atoms with van der Waals surface area (Å²) in [5, 5.41) is 3.89. The van der Waals surface area contributed by atoms with Gasteiger partial charge in [-0.3, -0.25) is 4.98 Å². The highest BCUT2D eigenvalue weighted by atomic mass is 79.9.